The number of rotatable bonds is 6. The highest BCUT2D eigenvalue weighted by Gasteiger charge is 2.24. The average molecular weight is 405 g/mol. The Labute approximate surface area is 165 Å². The fourth-order valence-corrected chi connectivity index (χ4v) is 3.83. The molecule has 0 aliphatic heterocycles. The third-order valence-corrected chi connectivity index (χ3v) is 5.31. The Bertz CT molecular complexity index is 1060. The zero-order valence-corrected chi connectivity index (χ0v) is 17.1. The van der Waals surface area contributed by atoms with Crippen LogP contribution < -0.4 is 5.32 Å². The highest BCUT2D eigenvalue weighted by atomic mass is 32.1. The van der Waals surface area contributed by atoms with Crippen molar-refractivity contribution in [3.05, 3.63) is 40.1 Å². The minimum Gasteiger partial charge on any atom is -0.360 e. The van der Waals surface area contributed by atoms with Gasteiger partial charge in [-0.05, 0) is 26.1 Å². The van der Waals surface area contributed by atoms with Gasteiger partial charge < -0.3 is 4.52 Å². The number of aryl methyl sites for hydroxylation is 2. The maximum Gasteiger partial charge on any atom is 0.262 e. The molecule has 2 N–H and O–H groups in total. The minimum absolute atomic E-state index is 0.0490. The molecular weight excluding hydrogens is 384 g/mol. The standard InChI is InChI=1S/C17H20N6O2S2/c1-6-7-23-14(20-21-17(23)26)13-10(5)18-16(27-13)19-15(24)11-9(4)22-25-12(11)8(2)3/h6,8H,1,7H2,2-5H3,(H,21,26)(H,18,19,24). The summed E-state index contributed by atoms with van der Waals surface area (Å²) in [6, 6.07) is 0. The van der Waals surface area contributed by atoms with Gasteiger partial charge in [0.25, 0.3) is 5.91 Å². The number of carbonyl (C=O) groups excluding carboxylic acids is 1. The molecule has 27 heavy (non-hydrogen) atoms. The molecule has 0 saturated heterocycles. The third-order valence-electron chi connectivity index (χ3n) is 3.93. The Morgan fingerprint density at radius 3 is 2.85 bits per heavy atom. The van der Waals surface area contributed by atoms with Gasteiger partial charge in [-0.3, -0.25) is 19.8 Å². The highest BCUT2D eigenvalue weighted by Crippen LogP contribution is 2.32. The molecule has 142 valence electrons. The number of H-pyrrole nitrogens is 1. The zero-order valence-electron chi connectivity index (χ0n) is 15.5. The SMILES string of the molecule is C=CCn1c(-c2sc(NC(=O)c3c(C)noc3C(C)C)nc2C)n[nH]c1=S. The summed E-state index contributed by atoms with van der Waals surface area (Å²) in [6.45, 7) is 11.8. The van der Waals surface area contributed by atoms with E-state index in [2.05, 4.69) is 32.2 Å². The second-order valence-electron chi connectivity index (χ2n) is 6.30. The van der Waals surface area contributed by atoms with E-state index in [1.807, 2.05) is 25.3 Å². The summed E-state index contributed by atoms with van der Waals surface area (Å²) in [6.07, 6.45) is 1.75. The van der Waals surface area contributed by atoms with Crippen LogP contribution in [0.15, 0.2) is 17.2 Å². The number of hydrogen-bond donors (Lipinski definition) is 2. The minimum atomic E-state index is -0.289. The molecule has 0 aliphatic rings. The lowest BCUT2D eigenvalue weighted by Crippen LogP contribution is -2.14. The molecule has 0 atom stereocenters. The molecular formula is C17H20N6O2S2. The molecule has 0 spiro atoms. The average Bonchev–Trinajstić information content (AvgIpc) is 3.26. The molecule has 3 aromatic heterocycles. The molecule has 3 aromatic rings. The first kappa shape index (κ1) is 19.2. The van der Waals surface area contributed by atoms with Crippen molar-refractivity contribution in [2.24, 2.45) is 0 Å². The van der Waals surface area contributed by atoms with Crippen LogP contribution >= 0.6 is 23.6 Å². The summed E-state index contributed by atoms with van der Waals surface area (Å²) in [5.74, 6) is 0.987. The molecule has 0 bridgehead atoms. The molecule has 10 heteroatoms. The lowest BCUT2D eigenvalue weighted by Gasteiger charge is -2.04. The topological polar surface area (TPSA) is 102 Å². The molecule has 0 aromatic carbocycles. The van der Waals surface area contributed by atoms with Crippen LogP contribution in [0.2, 0.25) is 0 Å². The number of aromatic amines is 1. The second kappa shape index (κ2) is 7.57. The van der Waals surface area contributed by atoms with Gasteiger partial charge in [0, 0.05) is 12.5 Å². The number of anilines is 1. The quantitative estimate of drug-likeness (QED) is 0.471. The number of carbonyl (C=O) groups is 1. The zero-order chi connectivity index (χ0) is 19.7. The number of amides is 1. The first-order chi connectivity index (χ1) is 12.8. The number of aromatic nitrogens is 5. The van der Waals surface area contributed by atoms with Gasteiger partial charge in [-0.1, -0.05) is 36.4 Å². The maximum atomic E-state index is 12.8. The van der Waals surface area contributed by atoms with Crippen LogP contribution in [-0.4, -0.2) is 30.8 Å². The van der Waals surface area contributed by atoms with Gasteiger partial charge >= 0.3 is 0 Å². The summed E-state index contributed by atoms with van der Waals surface area (Å²) in [7, 11) is 0. The highest BCUT2D eigenvalue weighted by molar-refractivity contribution is 7.71. The lowest BCUT2D eigenvalue weighted by atomic mass is 10.0. The largest absolute Gasteiger partial charge is 0.360 e. The maximum absolute atomic E-state index is 12.8. The third kappa shape index (κ3) is 3.62. The van der Waals surface area contributed by atoms with Crippen molar-refractivity contribution in [2.45, 2.75) is 40.2 Å². The Balaban J connectivity index is 1.92. The number of allylic oxidation sites excluding steroid dienone is 1. The van der Waals surface area contributed by atoms with E-state index in [-0.39, 0.29) is 11.8 Å². The van der Waals surface area contributed by atoms with Crippen LogP contribution in [0.25, 0.3) is 10.7 Å². The van der Waals surface area contributed by atoms with Crippen LogP contribution in [0.5, 0.6) is 0 Å². The predicted molar refractivity (Wildman–Crippen MR) is 107 cm³/mol. The molecule has 1 amide bonds. The van der Waals surface area contributed by atoms with Crippen molar-refractivity contribution in [1.29, 1.82) is 0 Å². The van der Waals surface area contributed by atoms with Gasteiger partial charge in [0.1, 0.15) is 5.56 Å². The fourth-order valence-electron chi connectivity index (χ4n) is 2.66. The van der Waals surface area contributed by atoms with Crippen molar-refractivity contribution >= 4 is 34.6 Å². The van der Waals surface area contributed by atoms with Crippen molar-refractivity contribution in [2.75, 3.05) is 5.32 Å². The van der Waals surface area contributed by atoms with Crippen molar-refractivity contribution < 1.29 is 9.32 Å². The van der Waals surface area contributed by atoms with Gasteiger partial charge in [-0.2, -0.15) is 5.10 Å². The summed E-state index contributed by atoms with van der Waals surface area (Å²) in [5, 5.41) is 14.3. The number of nitrogens with zero attached hydrogens (tertiary/aromatic N) is 4. The van der Waals surface area contributed by atoms with Gasteiger partial charge in [0.2, 0.25) is 0 Å². The van der Waals surface area contributed by atoms with E-state index >= 15 is 0 Å². The van der Waals surface area contributed by atoms with Crippen LogP contribution in [-0.2, 0) is 6.54 Å². The first-order valence-corrected chi connectivity index (χ1v) is 9.57. The smallest absolute Gasteiger partial charge is 0.262 e. The molecule has 0 fully saturated rings. The van der Waals surface area contributed by atoms with Crippen molar-refractivity contribution in [3.63, 3.8) is 0 Å². The summed E-state index contributed by atoms with van der Waals surface area (Å²) < 4.78 is 7.63. The number of hydrogen-bond acceptors (Lipinski definition) is 7. The molecule has 0 unspecified atom stereocenters. The first-order valence-electron chi connectivity index (χ1n) is 8.34. The van der Waals surface area contributed by atoms with E-state index in [0.717, 1.165) is 10.6 Å². The van der Waals surface area contributed by atoms with Crippen LogP contribution in [0, 0.1) is 18.6 Å². The monoisotopic (exact) mass is 404 g/mol. The molecule has 3 rings (SSSR count). The van der Waals surface area contributed by atoms with Gasteiger partial charge in [0.15, 0.2) is 21.5 Å². The van der Waals surface area contributed by atoms with E-state index in [0.29, 0.717) is 39.3 Å². The summed E-state index contributed by atoms with van der Waals surface area (Å²) in [4.78, 5) is 18.0. The second-order valence-corrected chi connectivity index (χ2v) is 7.69. The van der Waals surface area contributed by atoms with E-state index in [1.165, 1.54) is 11.3 Å². The van der Waals surface area contributed by atoms with Gasteiger partial charge in [-0.15, -0.1) is 6.58 Å². The van der Waals surface area contributed by atoms with E-state index in [1.54, 1.807) is 13.0 Å². The molecule has 0 aliphatic carbocycles. The number of thiazole rings is 1. The fraction of sp³-hybridized carbons (Fsp3) is 0.353. The van der Waals surface area contributed by atoms with Crippen LogP contribution in [0.3, 0.4) is 0 Å². The van der Waals surface area contributed by atoms with E-state index < -0.39 is 0 Å². The van der Waals surface area contributed by atoms with Crippen molar-refractivity contribution in [3.8, 4) is 10.7 Å². The summed E-state index contributed by atoms with van der Waals surface area (Å²) in [5.41, 5.74) is 1.76. The van der Waals surface area contributed by atoms with Crippen LogP contribution in [0.1, 0.15) is 47.3 Å². The predicted octanol–water partition coefficient (Wildman–Crippen LogP) is 4.23. The summed E-state index contributed by atoms with van der Waals surface area (Å²) >= 11 is 6.59. The van der Waals surface area contributed by atoms with Gasteiger partial charge in [-0.25, -0.2) is 4.98 Å². The Morgan fingerprint density at radius 1 is 1.44 bits per heavy atom. The molecule has 3 heterocycles. The molecule has 0 saturated carbocycles. The normalized spacial score (nSPS) is 11.1. The van der Waals surface area contributed by atoms with Crippen LogP contribution in [0.4, 0.5) is 5.13 Å². The molecule has 0 radical (unpaired) electrons. The number of nitrogens with one attached hydrogen (secondary N) is 2. The Kier molecular flexibility index (Phi) is 5.38. The van der Waals surface area contributed by atoms with E-state index in [4.69, 9.17) is 16.7 Å². The lowest BCUT2D eigenvalue weighted by molar-refractivity contribution is 0.102. The van der Waals surface area contributed by atoms with E-state index in [9.17, 15) is 4.79 Å². The van der Waals surface area contributed by atoms with Crippen molar-refractivity contribution in [1.82, 2.24) is 24.9 Å². The van der Waals surface area contributed by atoms with Gasteiger partial charge in [0.05, 0.1) is 16.3 Å². The Morgan fingerprint density at radius 2 is 2.19 bits per heavy atom. The Hall–Kier alpha value is -2.59. The molecule has 8 nitrogen and oxygen atoms in total.